The maximum atomic E-state index is 13.6. The van der Waals surface area contributed by atoms with Gasteiger partial charge in [-0.1, -0.05) is 13.8 Å². The molecule has 0 unspecified atom stereocenters. The highest BCUT2D eigenvalue weighted by molar-refractivity contribution is 7.92. The van der Waals surface area contributed by atoms with Crippen LogP contribution in [0.25, 0.3) is 0 Å². The van der Waals surface area contributed by atoms with Crippen LogP contribution in [0.5, 0.6) is 0 Å². The van der Waals surface area contributed by atoms with Crippen LogP contribution in [-0.2, 0) is 29.9 Å². The second-order valence-corrected chi connectivity index (χ2v) is 6.13. The molecule has 0 aliphatic rings. The Kier molecular flexibility index (Phi) is 4.26. The summed E-state index contributed by atoms with van der Waals surface area (Å²) < 4.78 is 42.6. The summed E-state index contributed by atoms with van der Waals surface area (Å²) in [6.07, 6.45) is 3.27. The Labute approximate surface area is 123 Å². The predicted molar refractivity (Wildman–Crippen MR) is 77.0 cm³/mol. The fourth-order valence-corrected chi connectivity index (χ4v) is 3.82. The zero-order chi connectivity index (χ0) is 15.6. The molecule has 0 aliphatic heterocycles. The molecular formula is C13H17FN4O2S. The molecule has 8 heteroatoms. The van der Waals surface area contributed by atoms with Gasteiger partial charge in [-0.05, 0) is 18.9 Å². The number of aryl methyl sites for hydroxylation is 2. The first-order valence-corrected chi connectivity index (χ1v) is 8.06. The van der Waals surface area contributed by atoms with Gasteiger partial charge < -0.3 is 0 Å². The molecule has 114 valence electrons. The lowest BCUT2D eigenvalue weighted by atomic mass is 10.2. The molecule has 0 bridgehead atoms. The number of nitrogens with zero attached hydrogens (tertiary/aromatic N) is 3. The summed E-state index contributed by atoms with van der Waals surface area (Å²) in [4.78, 5) is 3.72. The second-order valence-electron chi connectivity index (χ2n) is 4.51. The monoisotopic (exact) mass is 312 g/mol. The largest absolute Gasteiger partial charge is 0.276 e. The number of rotatable bonds is 5. The van der Waals surface area contributed by atoms with Crippen molar-refractivity contribution in [1.29, 1.82) is 0 Å². The number of hydrogen-bond acceptors (Lipinski definition) is 4. The first-order chi connectivity index (χ1) is 9.90. The van der Waals surface area contributed by atoms with Gasteiger partial charge in [-0.2, -0.15) is 5.10 Å². The van der Waals surface area contributed by atoms with Gasteiger partial charge in [-0.25, -0.2) is 12.8 Å². The molecule has 0 atom stereocenters. The molecule has 0 saturated heterocycles. The Morgan fingerprint density at radius 3 is 2.62 bits per heavy atom. The Bertz CT molecular complexity index is 756. The normalized spacial score (nSPS) is 11.6. The van der Waals surface area contributed by atoms with Crippen LogP contribution in [0.15, 0.2) is 23.4 Å². The van der Waals surface area contributed by atoms with Crippen LogP contribution in [0, 0.1) is 5.82 Å². The molecule has 2 heterocycles. The lowest BCUT2D eigenvalue weighted by Gasteiger charge is -2.10. The molecule has 0 aliphatic carbocycles. The van der Waals surface area contributed by atoms with Gasteiger partial charge >= 0.3 is 0 Å². The number of anilines is 1. The van der Waals surface area contributed by atoms with E-state index in [0.29, 0.717) is 24.2 Å². The molecule has 0 spiro atoms. The summed E-state index contributed by atoms with van der Waals surface area (Å²) in [5.41, 5.74) is 0.933. The van der Waals surface area contributed by atoms with Gasteiger partial charge in [0.15, 0.2) is 5.82 Å². The highest BCUT2D eigenvalue weighted by Crippen LogP contribution is 2.24. The fraction of sp³-hybridized carbons (Fsp3) is 0.385. The Morgan fingerprint density at radius 1 is 1.33 bits per heavy atom. The Hall–Kier alpha value is -1.96. The SMILES string of the molecule is CCc1nn(C)c(CC)c1S(=O)(=O)Nc1ccncc1F. The van der Waals surface area contributed by atoms with E-state index in [-0.39, 0.29) is 10.6 Å². The molecule has 1 N–H and O–H groups in total. The molecule has 6 nitrogen and oxygen atoms in total. The molecule has 2 aromatic rings. The summed E-state index contributed by atoms with van der Waals surface area (Å²) in [7, 11) is -2.20. The molecule has 21 heavy (non-hydrogen) atoms. The number of nitrogens with one attached hydrogen (secondary N) is 1. The minimum atomic E-state index is -3.90. The van der Waals surface area contributed by atoms with Crippen molar-refractivity contribution in [2.45, 2.75) is 31.6 Å². The van der Waals surface area contributed by atoms with Crippen LogP contribution in [0.4, 0.5) is 10.1 Å². The average Bonchev–Trinajstić information content (AvgIpc) is 2.78. The van der Waals surface area contributed by atoms with Crippen LogP contribution in [0.3, 0.4) is 0 Å². The molecule has 0 fully saturated rings. The summed E-state index contributed by atoms with van der Waals surface area (Å²) in [5.74, 6) is -0.721. The third-order valence-electron chi connectivity index (χ3n) is 3.14. The summed E-state index contributed by atoms with van der Waals surface area (Å²) in [6, 6.07) is 1.28. The van der Waals surface area contributed by atoms with E-state index in [1.807, 2.05) is 13.8 Å². The first kappa shape index (κ1) is 15.4. The lowest BCUT2D eigenvalue weighted by molar-refractivity contribution is 0.595. The van der Waals surface area contributed by atoms with Crippen molar-refractivity contribution < 1.29 is 12.8 Å². The van der Waals surface area contributed by atoms with Crippen LogP contribution in [0.2, 0.25) is 0 Å². The van der Waals surface area contributed by atoms with Crippen LogP contribution in [0.1, 0.15) is 25.2 Å². The van der Waals surface area contributed by atoms with E-state index in [0.717, 1.165) is 6.20 Å². The third kappa shape index (κ3) is 2.90. The van der Waals surface area contributed by atoms with Gasteiger partial charge in [0.05, 0.1) is 23.3 Å². The third-order valence-corrected chi connectivity index (χ3v) is 4.64. The van der Waals surface area contributed by atoms with Gasteiger partial charge in [0.25, 0.3) is 10.0 Å². The quantitative estimate of drug-likeness (QED) is 0.914. The van der Waals surface area contributed by atoms with Gasteiger partial charge in [0, 0.05) is 13.2 Å². The lowest BCUT2D eigenvalue weighted by Crippen LogP contribution is -2.17. The smallest absolute Gasteiger partial charge is 0.265 e. The summed E-state index contributed by atoms with van der Waals surface area (Å²) >= 11 is 0. The molecule has 0 radical (unpaired) electrons. The number of pyridine rings is 1. The van der Waals surface area contributed by atoms with Gasteiger partial charge in [-0.15, -0.1) is 0 Å². The molecule has 2 rings (SSSR count). The number of hydrogen-bond donors (Lipinski definition) is 1. The fourth-order valence-electron chi connectivity index (χ4n) is 2.18. The van der Waals surface area contributed by atoms with E-state index in [2.05, 4.69) is 14.8 Å². The van der Waals surface area contributed by atoms with Crippen LogP contribution < -0.4 is 4.72 Å². The maximum absolute atomic E-state index is 13.6. The van der Waals surface area contributed by atoms with Crippen molar-refractivity contribution in [2.75, 3.05) is 4.72 Å². The van der Waals surface area contributed by atoms with Crippen molar-refractivity contribution in [3.63, 3.8) is 0 Å². The van der Waals surface area contributed by atoms with Crippen molar-refractivity contribution in [3.05, 3.63) is 35.7 Å². The second kappa shape index (κ2) is 5.80. The van der Waals surface area contributed by atoms with Crippen molar-refractivity contribution in [1.82, 2.24) is 14.8 Å². The van der Waals surface area contributed by atoms with E-state index in [1.165, 1.54) is 12.3 Å². The Balaban J connectivity index is 2.52. The zero-order valence-electron chi connectivity index (χ0n) is 12.1. The van der Waals surface area contributed by atoms with Crippen LogP contribution in [-0.4, -0.2) is 23.2 Å². The van der Waals surface area contributed by atoms with Crippen molar-refractivity contribution >= 4 is 15.7 Å². The van der Waals surface area contributed by atoms with E-state index in [9.17, 15) is 12.8 Å². The van der Waals surface area contributed by atoms with E-state index < -0.39 is 15.8 Å². The minimum absolute atomic E-state index is 0.127. The zero-order valence-corrected chi connectivity index (χ0v) is 12.9. The average molecular weight is 312 g/mol. The van der Waals surface area contributed by atoms with Crippen molar-refractivity contribution in [3.8, 4) is 0 Å². The van der Waals surface area contributed by atoms with E-state index >= 15 is 0 Å². The first-order valence-electron chi connectivity index (χ1n) is 6.57. The van der Waals surface area contributed by atoms with Gasteiger partial charge in [0.2, 0.25) is 0 Å². The summed E-state index contributed by atoms with van der Waals surface area (Å²) in [6.45, 7) is 3.68. The van der Waals surface area contributed by atoms with Gasteiger partial charge in [0.1, 0.15) is 4.90 Å². The summed E-state index contributed by atoms with van der Waals surface area (Å²) in [5, 5.41) is 4.22. The van der Waals surface area contributed by atoms with Crippen molar-refractivity contribution in [2.24, 2.45) is 7.05 Å². The minimum Gasteiger partial charge on any atom is -0.276 e. The number of sulfonamides is 1. The van der Waals surface area contributed by atoms with E-state index in [1.54, 1.807) is 11.7 Å². The highest BCUT2D eigenvalue weighted by Gasteiger charge is 2.27. The maximum Gasteiger partial charge on any atom is 0.265 e. The van der Waals surface area contributed by atoms with E-state index in [4.69, 9.17) is 0 Å². The number of aromatic nitrogens is 3. The van der Waals surface area contributed by atoms with Crippen LogP contribution >= 0.6 is 0 Å². The predicted octanol–water partition coefficient (Wildman–Crippen LogP) is 1.88. The Morgan fingerprint density at radius 2 is 2.05 bits per heavy atom. The molecule has 0 saturated carbocycles. The molecular weight excluding hydrogens is 295 g/mol. The molecule has 0 aromatic carbocycles. The molecule has 2 aromatic heterocycles. The molecule has 0 amide bonds. The topological polar surface area (TPSA) is 76.9 Å². The standard InChI is InChI=1S/C13H17FN4O2S/c1-4-10-13(12(5-2)18(3)16-10)21(19,20)17-11-6-7-15-8-9(11)14/h6-8H,4-5H2,1-3H3,(H,15,17). The van der Waals surface area contributed by atoms with Gasteiger partial charge in [-0.3, -0.25) is 14.4 Å². The number of halogens is 1. The highest BCUT2D eigenvalue weighted by atomic mass is 32.2.